The lowest BCUT2D eigenvalue weighted by atomic mass is 9.76. The molecule has 3 heteroatoms. The van der Waals surface area contributed by atoms with Crippen molar-refractivity contribution in [3.63, 3.8) is 0 Å². The average Bonchev–Trinajstić information content (AvgIpc) is 2.64. The molecule has 0 saturated carbocycles. The number of carbonyl (C=O) groups is 1. The van der Waals surface area contributed by atoms with E-state index in [2.05, 4.69) is 12.1 Å². The summed E-state index contributed by atoms with van der Waals surface area (Å²) in [5.74, 6) is 1.76. The van der Waals surface area contributed by atoms with E-state index in [1.54, 1.807) is 14.2 Å². The molecule has 0 aliphatic heterocycles. The Balaban J connectivity index is 2.10. The fourth-order valence-electron chi connectivity index (χ4n) is 3.73. The minimum atomic E-state index is -0.00282. The lowest BCUT2D eigenvalue weighted by Gasteiger charge is -2.27. The molecule has 1 aliphatic carbocycles. The van der Waals surface area contributed by atoms with Gasteiger partial charge in [-0.05, 0) is 29.8 Å². The van der Waals surface area contributed by atoms with Crippen molar-refractivity contribution in [1.29, 1.82) is 0 Å². The molecule has 1 aliphatic rings. The van der Waals surface area contributed by atoms with E-state index in [-0.39, 0.29) is 11.7 Å². The van der Waals surface area contributed by atoms with E-state index in [9.17, 15) is 4.79 Å². The molecular formula is C21H18O3. The molecule has 1 unspecified atom stereocenters. The maximum Gasteiger partial charge on any atom is 0.164 e. The van der Waals surface area contributed by atoms with Gasteiger partial charge in [-0.3, -0.25) is 4.79 Å². The molecule has 0 radical (unpaired) electrons. The van der Waals surface area contributed by atoms with Crippen LogP contribution < -0.4 is 9.47 Å². The van der Waals surface area contributed by atoms with Crippen LogP contribution in [0.4, 0.5) is 0 Å². The van der Waals surface area contributed by atoms with Gasteiger partial charge in [0.15, 0.2) is 5.78 Å². The van der Waals surface area contributed by atoms with Gasteiger partial charge in [0.25, 0.3) is 0 Å². The van der Waals surface area contributed by atoms with Crippen molar-refractivity contribution in [3.05, 3.63) is 71.3 Å². The Kier molecular flexibility index (Phi) is 3.49. The first kappa shape index (κ1) is 14.8. The number of rotatable bonds is 3. The number of benzene rings is 3. The largest absolute Gasteiger partial charge is 0.496 e. The average molecular weight is 318 g/mol. The summed E-state index contributed by atoms with van der Waals surface area (Å²) in [4.78, 5) is 12.8. The fourth-order valence-corrected chi connectivity index (χ4v) is 3.73. The number of hydrogen-bond acceptors (Lipinski definition) is 3. The normalized spacial score (nSPS) is 16.2. The molecule has 0 spiro atoms. The van der Waals surface area contributed by atoms with Gasteiger partial charge in [0.05, 0.1) is 14.2 Å². The van der Waals surface area contributed by atoms with Crippen LogP contribution in [-0.4, -0.2) is 20.0 Å². The smallest absolute Gasteiger partial charge is 0.164 e. The third-order valence-electron chi connectivity index (χ3n) is 4.82. The molecule has 1 atom stereocenters. The first-order valence-electron chi connectivity index (χ1n) is 8.00. The van der Waals surface area contributed by atoms with Gasteiger partial charge in [-0.2, -0.15) is 0 Å². The van der Waals surface area contributed by atoms with Gasteiger partial charge < -0.3 is 9.47 Å². The maximum absolute atomic E-state index is 12.8. The third-order valence-corrected chi connectivity index (χ3v) is 4.82. The molecule has 0 amide bonds. The molecule has 0 heterocycles. The Morgan fingerprint density at radius 2 is 1.58 bits per heavy atom. The van der Waals surface area contributed by atoms with Crippen molar-refractivity contribution in [2.45, 2.75) is 12.3 Å². The first-order valence-corrected chi connectivity index (χ1v) is 8.00. The Morgan fingerprint density at radius 1 is 0.875 bits per heavy atom. The van der Waals surface area contributed by atoms with Crippen LogP contribution >= 0.6 is 0 Å². The summed E-state index contributed by atoms with van der Waals surface area (Å²) in [7, 11) is 3.33. The standard InChI is InChI=1S/C21H18O3/c1-23-18-10-8-14-17(22)12-16(13-6-4-3-5-7-13)21-19(24-2)11-9-15(18)20(14)21/h3-11,16H,12H2,1-2H3. The van der Waals surface area contributed by atoms with E-state index in [0.717, 1.165) is 39.0 Å². The predicted molar refractivity (Wildman–Crippen MR) is 94.3 cm³/mol. The number of Topliss-reactive ketones (excluding diaryl/α,β-unsaturated/α-hetero) is 1. The second-order valence-corrected chi connectivity index (χ2v) is 6.01. The molecule has 3 aromatic carbocycles. The summed E-state index contributed by atoms with van der Waals surface area (Å²) in [5, 5.41) is 1.92. The summed E-state index contributed by atoms with van der Waals surface area (Å²) < 4.78 is 11.1. The molecule has 0 bridgehead atoms. The molecule has 4 rings (SSSR count). The fraction of sp³-hybridized carbons (Fsp3) is 0.190. The van der Waals surface area contributed by atoms with Gasteiger partial charge in [0.1, 0.15) is 11.5 Å². The van der Waals surface area contributed by atoms with E-state index in [1.165, 1.54) is 0 Å². The number of ketones is 1. The SMILES string of the molecule is COc1ccc2c(OC)ccc3c2c1C(c1ccccc1)CC3=O. The molecule has 3 aromatic rings. The summed E-state index contributed by atoms with van der Waals surface area (Å²) in [6.45, 7) is 0. The minimum absolute atomic E-state index is 0.00282. The van der Waals surface area contributed by atoms with Crippen LogP contribution in [0.25, 0.3) is 10.8 Å². The molecule has 0 aromatic heterocycles. The highest BCUT2D eigenvalue weighted by Gasteiger charge is 2.32. The second-order valence-electron chi connectivity index (χ2n) is 6.01. The lowest BCUT2D eigenvalue weighted by molar-refractivity contribution is 0.0976. The quantitative estimate of drug-likeness (QED) is 0.709. The maximum atomic E-state index is 12.8. The zero-order chi connectivity index (χ0) is 16.7. The van der Waals surface area contributed by atoms with Gasteiger partial charge in [0.2, 0.25) is 0 Å². The van der Waals surface area contributed by atoms with Gasteiger partial charge in [0, 0.05) is 34.2 Å². The van der Waals surface area contributed by atoms with E-state index in [1.807, 2.05) is 42.5 Å². The van der Waals surface area contributed by atoms with Crippen molar-refractivity contribution in [3.8, 4) is 11.5 Å². The molecule has 24 heavy (non-hydrogen) atoms. The molecule has 0 saturated heterocycles. The van der Waals surface area contributed by atoms with E-state index in [4.69, 9.17) is 9.47 Å². The Morgan fingerprint density at radius 3 is 2.29 bits per heavy atom. The van der Waals surface area contributed by atoms with Crippen LogP contribution in [0.2, 0.25) is 0 Å². The molecular weight excluding hydrogens is 300 g/mol. The topological polar surface area (TPSA) is 35.5 Å². The second kappa shape index (κ2) is 5.68. The lowest BCUT2D eigenvalue weighted by Crippen LogP contribution is -2.17. The van der Waals surface area contributed by atoms with Gasteiger partial charge >= 0.3 is 0 Å². The van der Waals surface area contributed by atoms with Crippen molar-refractivity contribution >= 4 is 16.6 Å². The van der Waals surface area contributed by atoms with Crippen molar-refractivity contribution in [2.75, 3.05) is 14.2 Å². The predicted octanol–water partition coefficient (Wildman–Crippen LogP) is 4.58. The van der Waals surface area contributed by atoms with E-state index in [0.29, 0.717) is 6.42 Å². The highest BCUT2D eigenvalue weighted by Crippen LogP contribution is 2.46. The zero-order valence-electron chi connectivity index (χ0n) is 13.7. The van der Waals surface area contributed by atoms with Crippen LogP contribution in [0, 0.1) is 0 Å². The van der Waals surface area contributed by atoms with Crippen molar-refractivity contribution < 1.29 is 14.3 Å². The minimum Gasteiger partial charge on any atom is -0.496 e. The molecule has 120 valence electrons. The number of hydrogen-bond donors (Lipinski definition) is 0. The Hall–Kier alpha value is -2.81. The van der Waals surface area contributed by atoms with Crippen LogP contribution in [0.3, 0.4) is 0 Å². The summed E-state index contributed by atoms with van der Waals surface area (Å²) in [5.41, 5.74) is 2.96. The van der Waals surface area contributed by atoms with Crippen LogP contribution in [0.5, 0.6) is 11.5 Å². The Labute approximate surface area is 140 Å². The number of carbonyl (C=O) groups excluding carboxylic acids is 1. The van der Waals surface area contributed by atoms with Crippen LogP contribution in [0.1, 0.15) is 33.8 Å². The van der Waals surface area contributed by atoms with Crippen LogP contribution in [0.15, 0.2) is 54.6 Å². The number of methoxy groups -OCH3 is 2. The molecule has 0 fully saturated rings. The van der Waals surface area contributed by atoms with Crippen LogP contribution in [-0.2, 0) is 0 Å². The summed E-state index contributed by atoms with van der Waals surface area (Å²) in [6.07, 6.45) is 0.457. The summed E-state index contributed by atoms with van der Waals surface area (Å²) >= 11 is 0. The third kappa shape index (κ3) is 2.08. The van der Waals surface area contributed by atoms with E-state index < -0.39 is 0 Å². The Bertz CT molecular complexity index is 929. The highest BCUT2D eigenvalue weighted by atomic mass is 16.5. The highest BCUT2D eigenvalue weighted by molar-refractivity contribution is 6.14. The number of ether oxygens (including phenoxy) is 2. The van der Waals surface area contributed by atoms with Gasteiger partial charge in [-0.1, -0.05) is 30.3 Å². The van der Waals surface area contributed by atoms with Gasteiger partial charge in [-0.25, -0.2) is 0 Å². The summed E-state index contributed by atoms with van der Waals surface area (Å²) in [6, 6.07) is 17.8. The molecule has 0 N–H and O–H groups in total. The zero-order valence-corrected chi connectivity index (χ0v) is 13.7. The van der Waals surface area contributed by atoms with Crippen molar-refractivity contribution in [1.82, 2.24) is 0 Å². The van der Waals surface area contributed by atoms with Crippen molar-refractivity contribution in [2.24, 2.45) is 0 Å². The van der Waals surface area contributed by atoms with E-state index >= 15 is 0 Å². The first-order chi connectivity index (χ1) is 11.7. The monoisotopic (exact) mass is 318 g/mol. The van der Waals surface area contributed by atoms with Gasteiger partial charge in [-0.15, -0.1) is 0 Å². The molecule has 3 nitrogen and oxygen atoms in total.